The molecular formula is C15H14ClN3O6S2. The summed E-state index contributed by atoms with van der Waals surface area (Å²) in [6.45, 7) is -0.183. The molecule has 2 rings (SSSR count). The average Bonchev–Trinajstić information content (AvgIpc) is 2.56. The Balaban J connectivity index is 2.05. The van der Waals surface area contributed by atoms with Crippen molar-refractivity contribution in [3.63, 3.8) is 0 Å². The van der Waals surface area contributed by atoms with Crippen LogP contribution < -0.4 is 10.5 Å². The van der Waals surface area contributed by atoms with E-state index in [1.54, 1.807) is 24.3 Å². The molecule has 0 aliphatic rings. The van der Waals surface area contributed by atoms with Crippen LogP contribution in [0.2, 0.25) is 5.02 Å². The lowest BCUT2D eigenvalue weighted by Gasteiger charge is -2.11. The van der Waals surface area contributed by atoms with E-state index in [0.29, 0.717) is 11.1 Å². The number of halogens is 1. The van der Waals surface area contributed by atoms with Gasteiger partial charge in [0.25, 0.3) is 5.09 Å². The smallest absolute Gasteiger partial charge is 0.294 e. The van der Waals surface area contributed by atoms with Gasteiger partial charge in [0.15, 0.2) is 0 Å². The van der Waals surface area contributed by atoms with E-state index in [1.807, 2.05) is 0 Å². The molecule has 144 valence electrons. The zero-order valence-electron chi connectivity index (χ0n) is 13.6. The maximum atomic E-state index is 12.2. The van der Waals surface area contributed by atoms with Gasteiger partial charge in [-0.05, 0) is 23.3 Å². The predicted octanol–water partition coefficient (Wildman–Crippen LogP) is 2.17. The highest BCUT2D eigenvalue weighted by Gasteiger charge is 2.17. The van der Waals surface area contributed by atoms with E-state index in [9.17, 15) is 23.3 Å². The van der Waals surface area contributed by atoms with Gasteiger partial charge in [0, 0.05) is 4.90 Å². The van der Waals surface area contributed by atoms with Crippen LogP contribution in [-0.2, 0) is 32.7 Å². The van der Waals surface area contributed by atoms with Gasteiger partial charge in [-0.25, -0.2) is 13.6 Å². The summed E-state index contributed by atoms with van der Waals surface area (Å²) >= 11 is 10.0. The number of nitrogens with two attached hydrogens (primary N) is 1. The first-order valence-corrected chi connectivity index (χ1v) is 9.63. The van der Waals surface area contributed by atoms with Gasteiger partial charge in [-0.2, -0.15) is 0 Å². The molecule has 0 heterocycles. The Kier molecular flexibility index (Phi) is 6.65. The number of nitrogens with zero attached hydrogens (tertiary/aromatic N) is 1. The van der Waals surface area contributed by atoms with Gasteiger partial charge in [-0.3, -0.25) is 4.79 Å². The topological polar surface area (TPSA) is 142 Å². The molecule has 0 fully saturated rings. The van der Waals surface area contributed by atoms with Crippen molar-refractivity contribution < 1.29 is 23.1 Å². The normalized spacial score (nSPS) is 11.1. The number of sulfonamides is 1. The van der Waals surface area contributed by atoms with E-state index < -0.39 is 15.1 Å². The van der Waals surface area contributed by atoms with Crippen molar-refractivity contribution in [1.82, 2.24) is 0 Å². The number of hydrogen-bond donors (Lipinski definition) is 3. The van der Waals surface area contributed by atoms with Crippen LogP contribution in [0.15, 0.2) is 46.2 Å². The Morgan fingerprint density at radius 3 is 2.41 bits per heavy atom. The van der Waals surface area contributed by atoms with Crippen molar-refractivity contribution in [2.24, 2.45) is 5.14 Å². The molecule has 0 spiro atoms. The standard InChI is InChI=1S/C15H14ClN3O6S2/c16-11-6-12(13(26)7-14(11)27(17,23)24)18-15(20)5-9-1-3-10(4-2-9)8-25-19(21)22/h1-4,6-7,26H,5,8H2,(H,18,20)(H2,17,23,24). The third-order valence-corrected chi connectivity index (χ3v) is 5.10. The first kappa shape index (κ1) is 21.0. The van der Waals surface area contributed by atoms with E-state index in [-0.39, 0.29) is 39.4 Å². The number of carbonyl (C=O) groups excluding carboxylic acids is 1. The van der Waals surface area contributed by atoms with Gasteiger partial charge < -0.3 is 10.2 Å². The molecule has 3 N–H and O–H groups in total. The van der Waals surface area contributed by atoms with E-state index in [4.69, 9.17) is 16.7 Å². The molecule has 1 amide bonds. The van der Waals surface area contributed by atoms with Crippen LogP contribution in [-0.4, -0.2) is 19.4 Å². The zero-order valence-corrected chi connectivity index (χ0v) is 16.1. The summed E-state index contributed by atoms with van der Waals surface area (Å²) in [6, 6.07) is 8.88. The molecule has 2 aromatic carbocycles. The van der Waals surface area contributed by atoms with Crippen LogP contribution in [0.1, 0.15) is 11.1 Å². The van der Waals surface area contributed by atoms with Gasteiger partial charge >= 0.3 is 0 Å². The molecule has 0 saturated carbocycles. The van der Waals surface area contributed by atoms with E-state index in [0.717, 1.165) is 6.07 Å². The van der Waals surface area contributed by atoms with Gasteiger partial charge in [-0.15, -0.1) is 22.7 Å². The third kappa shape index (κ3) is 6.10. The van der Waals surface area contributed by atoms with Gasteiger partial charge in [-0.1, -0.05) is 35.9 Å². The van der Waals surface area contributed by atoms with Crippen LogP contribution in [0.5, 0.6) is 0 Å². The van der Waals surface area contributed by atoms with Crippen LogP contribution in [0.3, 0.4) is 0 Å². The van der Waals surface area contributed by atoms with Gasteiger partial charge in [0.2, 0.25) is 15.9 Å². The summed E-state index contributed by atoms with van der Waals surface area (Å²) in [5.74, 6) is -0.390. The SMILES string of the molecule is NS(=O)(=O)c1cc(S)c(NC(=O)Cc2ccc(CO[N+](=O)[O-])cc2)cc1Cl. The lowest BCUT2D eigenvalue weighted by atomic mass is 10.1. The van der Waals surface area contributed by atoms with E-state index in [2.05, 4.69) is 22.8 Å². The van der Waals surface area contributed by atoms with Crippen molar-refractivity contribution >= 4 is 45.8 Å². The maximum Gasteiger partial charge on any atom is 0.294 e. The summed E-state index contributed by atoms with van der Waals surface area (Å²) in [4.78, 5) is 26.5. The third-order valence-electron chi connectivity index (χ3n) is 3.36. The molecule has 0 aliphatic heterocycles. The summed E-state index contributed by atoms with van der Waals surface area (Å²) in [5, 5.41) is 16.8. The van der Waals surface area contributed by atoms with Gasteiger partial charge in [0.1, 0.15) is 11.5 Å². The Morgan fingerprint density at radius 2 is 1.85 bits per heavy atom. The largest absolute Gasteiger partial charge is 0.325 e. The number of anilines is 1. The molecule has 27 heavy (non-hydrogen) atoms. The van der Waals surface area contributed by atoms with Crippen molar-refractivity contribution in [1.29, 1.82) is 0 Å². The number of amides is 1. The molecule has 0 aromatic heterocycles. The average molecular weight is 432 g/mol. The number of primary sulfonamides is 1. The Bertz CT molecular complexity index is 980. The Morgan fingerprint density at radius 1 is 1.26 bits per heavy atom. The molecule has 0 aliphatic carbocycles. The van der Waals surface area contributed by atoms with Crippen LogP contribution in [0.4, 0.5) is 5.69 Å². The van der Waals surface area contributed by atoms with Crippen LogP contribution in [0.25, 0.3) is 0 Å². The lowest BCUT2D eigenvalue weighted by molar-refractivity contribution is -0.763. The second kappa shape index (κ2) is 8.57. The summed E-state index contributed by atoms with van der Waals surface area (Å²) in [5.41, 5.74) is 1.47. The van der Waals surface area contributed by atoms with Crippen molar-refractivity contribution in [3.05, 3.63) is 62.7 Å². The highest BCUT2D eigenvalue weighted by Crippen LogP contribution is 2.30. The minimum atomic E-state index is -4.01. The van der Waals surface area contributed by atoms with E-state index in [1.165, 1.54) is 6.07 Å². The fourth-order valence-electron chi connectivity index (χ4n) is 2.12. The van der Waals surface area contributed by atoms with Crippen molar-refractivity contribution in [2.45, 2.75) is 22.8 Å². The summed E-state index contributed by atoms with van der Waals surface area (Å²) in [7, 11) is -4.01. The van der Waals surface area contributed by atoms with Gasteiger partial charge in [0.05, 0.1) is 17.1 Å². The highest BCUT2D eigenvalue weighted by molar-refractivity contribution is 7.89. The fraction of sp³-hybridized carbons (Fsp3) is 0.133. The summed E-state index contributed by atoms with van der Waals surface area (Å²) < 4.78 is 22.8. The number of rotatable bonds is 7. The molecule has 0 saturated heterocycles. The fourth-order valence-corrected chi connectivity index (χ4v) is 3.56. The molecule has 2 aromatic rings. The summed E-state index contributed by atoms with van der Waals surface area (Å²) in [6.07, 6.45) is 0.0121. The Labute approximate surface area is 165 Å². The first-order valence-electron chi connectivity index (χ1n) is 7.26. The van der Waals surface area contributed by atoms with Crippen molar-refractivity contribution in [3.8, 4) is 0 Å². The second-order valence-electron chi connectivity index (χ2n) is 5.38. The van der Waals surface area contributed by atoms with Crippen molar-refractivity contribution in [2.75, 3.05) is 5.32 Å². The number of carbonyl (C=O) groups is 1. The molecule has 0 unspecified atom stereocenters. The van der Waals surface area contributed by atoms with E-state index >= 15 is 0 Å². The molecule has 12 heteroatoms. The number of nitrogens with one attached hydrogen (secondary N) is 1. The minimum Gasteiger partial charge on any atom is -0.325 e. The second-order valence-corrected chi connectivity index (χ2v) is 7.80. The monoisotopic (exact) mass is 431 g/mol. The molecule has 9 nitrogen and oxygen atoms in total. The Hall–Kier alpha value is -2.34. The lowest BCUT2D eigenvalue weighted by Crippen LogP contribution is -2.16. The number of benzene rings is 2. The highest BCUT2D eigenvalue weighted by atomic mass is 35.5. The predicted molar refractivity (Wildman–Crippen MR) is 101 cm³/mol. The van der Waals surface area contributed by atoms with Crippen LogP contribution >= 0.6 is 24.2 Å². The maximum absolute atomic E-state index is 12.2. The number of hydrogen-bond acceptors (Lipinski definition) is 7. The number of thiol groups is 1. The minimum absolute atomic E-state index is 0.0121. The molecule has 0 radical (unpaired) electrons. The van der Waals surface area contributed by atoms with Crippen LogP contribution in [0, 0.1) is 10.1 Å². The first-order chi connectivity index (χ1) is 12.6. The quantitative estimate of drug-likeness (QED) is 0.348. The molecular weight excluding hydrogens is 418 g/mol. The zero-order chi connectivity index (χ0) is 20.2. The molecule has 0 bridgehead atoms. The molecule has 0 atom stereocenters.